The lowest BCUT2D eigenvalue weighted by Gasteiger charge is -2.44. The molecule has 1 amide bonds. The van der Waals surface area contributed by atoms with E-state index in [-0.39, 0.29) is 29.2 Å². The molecule has 28 heavy (non-hydrogen) atoms. The van der Waals surface area contributed by atoms with Crippen LogP contribution in [0.1, 0.15) is 36.2 Å². The van der Waals surface area contributed by atoms with E-state index in [9.17, 15) is 9.59 Å². The van der Waals surface area contributed by atoms with Crippen molar-refractivity contribution in [2.24, 2.45) is 0 Å². The van der Waals surface area contributed by atoms with E-state index in [0.717, 1.165) is 11.6 Å². The van der Waals surface area contributed by atoms with Crippen molar-refractivity contribution in [1.82, 2.24) is 34.5 Å². The molecule has 0 aliphatic carbocycles. The molecule has 0 spiro atoms. The first-order valence-electron chi connectivity index (χ1n) is 9.16. The number of likely N-dealkylation sites (N-methyl/N-ethyl adjacent to an activating group) is 1. The first kappa shape index (κ1) is 18.1. The summed E-state index contributed by atoms with van der Waals surface area (Å²) >= 11 is 0. The Morgan fingerprint density at radius 2 is 1.89 bits per heavy atom. The highest BCUT2D eigenvalue weighted by Gasteiger charge is 2.34. The average molecular weight is 382 g/mol. The van der Waals surface area contributed by atoms with Gasteiger partial charge in [-0.05, 0) is 39.0 Å². The zero-order chi connectivity index (χ0) is 20.0. The molecule has 4 rings (SSSR count). The second-order valence-electron chi connectivity index (χ2n) is 7.28. The highest BCUT2D eigenvalue weighted by molar-refractivity contribution is 5.92. The Kier molecular flexibility index (Phi) is 4.33. The Morgan fingerprint density at radius 3 is 2.61 bits per heavy atom. The summed E-state index contributed by atoms with van der Waals surface area (Å²) in [6.07, 6.45) is 0. The molecule has 0 unspecified atom stereocenters. The minimum Gasteiger partial charge on any atom is -0.351 e. The predicted octanol–water partition coefficient (Wildman–Crippen LogP) is 0.531. The van der Waals surface area contributed by atoms with Crippen molar-refractivity contribution in [2.75, 3.05) is 25.0 Å². The lowest BCUT2D eigenvalue weighted by Crippen LogP contribution is -2.60. The number of carbonyl (C=O) groups excluding carboxylic acids is 1. The van der Waals surface area contributed by atoms with Crippen LogP contribution in [0.5, 0.6) is 0 Å². The number of anilines is 1. The molecular weight excluding hydrogens is 360 g/mol. The third kappa shape index (κ3) is 3.00. The first-order chi connectivity index (χ1) is 13.3. The summed E-state index contributed by atoms with van der Waals surface area (Å²) in [4.78, 5) is 28.4. The van der Waals surface area contributed by atoms with E-state index in [1.807, 2.05) is 32.9 Å². The molecule has 1 aliphatic rings. The quantitative estimate of drug-likeness (QED) is 0.649. The molecule has 146 valence electrons. The number of hydrogen-bond acceptors (Lipinski definition) is 7. The minimum atomic E-state index is -0.213. The molecule has 0 aromatic carbocycles. The van der Waals surface area contributed by atoms with Gasteiger partial charge in [-0.2, -0.15) is 9.61 Å². The minimum absolute atomic E-state index is 0.0493. The van der Waals surface area contributed by atoms with Gasteiger partial charge < -0.3 is 9.80 Å². The molecule has 10 heteroatoms. The largest absolute Gasteiger partial charge is 0.351 e. The molecule has 1 saturated heterocycles. The standard InChI is InChI=1S/C18H22N8O2/c1-11(2)25-17(27)8-5-14(21-25)18(28)23(4)13-9-24(10-13)16-7-6-15-20-19-12(3)26(15)22-16/h5-8,11,13H,9-10H2,1-4H3. The Hall–Kier alpha value is -3.30. The molecule has 10 nitrogen and oxygen atoms in total. The van der Waals surface area contributed by atoms with Crippen LogP contribution in [-0.2, 0) is 0 Å². The Morgan fingerprint density at radius 1 is 1.14 bits per heavy atom. The number of aryl methyl sites for hydroxylation is 1. The third-order valence-electron chi connectivity index (χ3n) is 4.99. The number of rotatable bonds is 4. The van der Waals surface area contributed by atoms with Crippen LogP contribution in [0.4, 0.5) is 5.82 Å². The maximum Gasteiger partial charge on any atom is 0.274 e. The lowest BCUT2D eigenvalue weighted by molar-refractivity contribution is 0.0695. The molecule has 0 N–H and O–H groups in total. The summed E-state index contributed by atoms with van der Waals surface area (Å²) in [5.74, 6) is 1.35. The van der Waals surface area contributed by atoms with E-state index >= 15 is 0 Å². The maximum absolute atomic E-state index is 12.8. The van der Waals surface area contributed by atoms with Crippen LogP contribution in [0.3, 0.4) is 0 Å². The van der Waals surface area contributed by atoms with Crippen molar-refractivity contribution >= 4 is 17.4 Å². The fraction of sp³-hybridized carbons (Fsp3) is 0.444. The number of aromatic nitrogens is 6. The molecule has 4 heterocycles. The molecule has 0 bridgehead atoms. The van der Waals surface area contributed by atoms with Crippen molar-refractivity contribution in [3.63, 3.8) is 0 Å². The topological polar surface area (TPSA) is 102 Å². The van der Waals surface area contributed by atoms with E-state index in [0.29, 0.717) is 18.7 Å². The molecule has 1 aliphatic heterocycles. The summed E-state index contributed by atoms with van der Waals surface area (Å²) in [5.41, 5.74) is 0.764. The van der Waals surface area contributed by atoms with Gasteiger partial charge in [0.15, 0.2) is 11.5 Å². The highest BCUT2D eigenvalue weighted by atomic mass is 16.2. The molecule has 3 aromatic heterocycles. The summed E-state index contributed by atoms with van der Waals surface area (Å²) in [6.45, 7) is 6.91. The number of nitrogens with zero attached hydrogens (tertiary/aromatic N) is 8. The van der Waals surface area contributed by atoms with Crippen molar-refractivity contribution in [1.29, 1.82) is 0 Å². The number of hydrogen-bond donors (Lipinski definition) is 0. The van der Waals surface area contributed by atoms with Gasteiger partial charge in [0.1, 0.15) is 11.5 Å². The van der Waals surface area contributed by atoms with Gasteiger partial charge in [-0.3, -0.25) is 9.59 Å². The molecule has 0 saturated carbocycles. The van der Waals surface area contributed by atoms with Crippen LogP contribution in [0.2, 0.25) is 0 Å². The molecule has 1 fully saturated rings. The monoisotopic (exact) mass is 382 g/mol. The van der Waals surface area contributed by atoms with E-state index in [1.165, 1.54) is 16.8 Å². The van der Waals surface area contributed by atoms with Gasteiger partial charge in [-0.15, -0.1) is 15.3 Å². The average Bonchev–Trinajstić information content (AvgIpc) is 3.00. The van der Waals surface area contributed by atoms with Crippen LogP contribution in [-0.4, -0.2) is 66.6 Å². The van der Waals surface area contributed by atoms with Crippen LogP contribution < -0.4 is 10.5 Å². The van der Waals surface area contributed by atoms with Crippen LogP contribution >= 0.6 is 0 Å². The van der Waals surface area contributed by atoms with Gasteiger partial charge in [0.25, 0.3) is 11.5 Å². The smallest absolute Gasteiger partial charge is 0.274 e. The van der Waals surface area contributed by atoms with E-state index < -0.39 is 0 Å². The molecule has 3 aromatic rings. The summed E-state index contributed by atoms with van der Waals surface area (Å²) < 4.78 is 3.03. The maximum atomic E-state index is 12.8. The zero-order valence-corrected chi connectivity index (χ0v) is 16.3. The lowest BCUT2D eigenvalue weighted by atomic mass is 10.1. The predicted molar refractivity (Wildman–Crippen MR) is 102 cm³/mol. The molecule has 0 atom stereocenters. The summed E-state index contributed by atoms with van der Waals surface area (Å²) in [6, 6.07) is 6.60. The van der Waals surface area contributed by atoms with Gasteiger partial charge in [0, 0.05) is 26.2 Å². The van der Waals surface area contributed by atoms with Crippen molar-refractivity contribution in [2.45, 2.75) is 32.9 Å². The fourth-order valence-corrected chi connectivity index (χ4v) is 3.20. The first-order valence-corrected chi connectivity index (χ1v) is 9.16. The number of fused-ring (bicyclic) bond motifs is 1. The Balaban J connectivity index is 1.46. The molecular formula is C18H22N8O2. The fourth-order valence-electron chi connectivity index (χ4n) is 3.20. The Bertz CT molecular complexity index is 1100. The van der Waals surface area contributed by atoms with E-state index in [4.69, 9.17) is 0 Å². The summed E-state index contributed by atoms with van der Waals surface area (Å²) in [7, 11) is 1.76. The number of carbonyl (C=O) groups is 1. The van der Waals surface area contributed by atoms with Gasteiger partial charge in [0.05, 0.1) is 12.1 Å². The Labute approximate surface area is 161 Å². The van der Waals surface area contributed by atoms with Gasteiger partial charge in [-0.25, -0.2) is 4.68 Å². The van der Waals surface area contributed by atoms with Crippen LogP contribution in [0.15, 0.2) is 29.1 Å². The van der Waals surface area contributed by atoms with E-state index in [2.05, 4.69) is 25.3 Å². The van der Waals surface area contributed by atoms with Gasteiger partial charge in [-0.1, -0.05) is 0 Å². The van der Waals surface area contributed by atoms with Gasteiger partial charge >= 0.3 is 0 Å². The van der Waals surface area contributed by atoms with Crippen molar-refractivity contribution in [3.05, 3.63) is 46.1 Å². The van der Waals surface area contributed by atoms with Crippen molar-refractivity contribution in [3.8, 4) is 0 Å². The second-order valence-corrected chi connectivity index (χ2v) is 7.28. The SMILES string of the molecule is Cc1nnc2ccc(N3CC(N(C)C(=O)c4ccc(=O)n(C(C)C)n4)C3)nn12. The summed E-state index contributed by atoms with van der Waals surface area (Å²) in [5, 5.41) is 16.8. The van der Waals surface area contributed by atoms with Crippen LogP contribution in [0.25, 0.3) is 5.65 Å². The normalized spacial score (nSPS) is 14.5. The zero-order valence-electron chi connectivity index (χ0n) is 16.3. The van der Waals surface area contributed by atoms with Gasteiger partial charge in [0.2, 0.25) is 0 Å². The highest BCUT2D eigenvalue weighted by Crippen LogP contribution is 2.22. The number of amides is 1. The third-order valence-corrected chi connectivity index (χ3v) is 4.99. The van der Waals surface area contributed by atoms with Crippen LogP contribution in [0, 0.1) is 6.92 Å². The van der Waals surface area contributed by atoms with E-state index in [1.54, 1.807) is 16.5 Å². The van der Waals surface area contributed by atoms with Crippen molar-refractivity contribution < 1.29 is 4.79 Å². The second kappa shape index (κ2) is 6.70. The molecule has 0 radical (unpaired) electrons.